The van der Waals surface area contributed by atoms with Gasteiger partial charge in [0.15, 0.2) is 0 Å². The van der Waals surface area contributed by atoms with Crippen LogP contribution in [0.4, 0.5) is 0 Å². The summed E-state index contributed by atoms with van der Waals surface area (Å²) in [6.45, 7) is 1.05. The maximum Gasteiger partial charge on any atom is 0.228 e. The van der Waals surface area contributed by atoms with Crippen molar-refractivity contribution in [2.75, 3.05) is 13.1 Å². The number of nitrogens with one attached hydrogen (secondary N) is 1. The molecule has 1 saturated carbocycles. The third-order valence-corrected chi connectivity index (χ3v) is 5.37. The molecule has 1 aromatic carbocycles. The highest BCUT2D eigenvalue weighted by Crippen LogP contribution is 2.38. The lowest BCUT2D eigenvalue weighted by Gasteiger charge is -2.35. The van der Waals surface area contributed by atoms with Gasteiger partial charge in [-0.1, -0.05) is 36.0 Å². The molecule has 2 aromatic rings. The third kappa shape index (κ3) is 5.92. The molecule has 0 bridgehead atoms. The molecule has 0 aliphatic heterocycles. The molecule has 27 heavy (non-hydrogen) atoms. The minimum absolute atomic E-state index is 0. The molecule has 3 N–H and O–H groups in total. The van der Waals surface area contributed by atoms with E-state index in [1.54, 1.807) is 12.1 Å². The largest absolute Gasteiger partial charge is 0.356 e. The Morgan fingerprint density at radius 3 is 2.59 bits per heavy atom. The van der Waals surface area contributed by atoms with Gasteiger partial charge in [-0.05, 0) is 49.1 Å². The van der Waals surface area contributed by atoms with Gasteiger partial charge in [-0.25, -0.2) is 0 Å². The number of hydrogen-bond donors (Lipinski definition) is 2. The Bertz CT molecular complexity index is 728. The van der Waals surface area contributed by atoms with E-state index in [9.17, 15) is 4.79 Å². The van der Waals surface area contributed by atoms with Gasteiger partial charge in [-0.2, -0.15) is 4.98 Å². The second-order valence-electron chi connectivity index (χ2n) is 7.06. The minimum Gasteiger partial charge on any atom is -0.356 e. The standard InChI is InChI=1S/C19H25ClN4O2.ClH/c20-15-6-4-14(5-7-15)18-23-17(26-24-18)8-11-22-16(25)12-19(13-21)9-2-1-3-10-19;/h4-7H,1-3,8-13,21H2,(H,22,25);1H. The van der Waals surface area contributed by atoms with Gasteiger partial charge in [0, 0.05) is 30.0 Å². The van der Waals surface area contributed by atoms with E-state index in [4.69, 9.17) is 21.9 Å². The Labute approximate surface area is 170 Å². The highest BCUT2D eigenvalue weighted by atomic mass is 35.5. The predicted octanol–water partition coefficient (Wildman–Crippen LogP) is 3.77. The van der Waals surface area contributed by atoms with Gasteiger partial charge in [-0.3, -0.25) is 4.79 Å². The first-order valence-electron chi connectivity index (χ1n) is 9.16. The van der Waals surface area contributed by atoms with Crippen LogP contribution >= 0.6 is 24.0 Å². The monoisotopic (exact) mass is 412 g/mol. The average molecular weight is 413 g/mol. The zero-order valence-corrected chi connectivity index (χ0v) is 16.8. The second-order valence-corrected chi connectivity index (χ2v) is 7.50. The Kier molecular flexibility index (Phi) is 8.07. The van der Waals surface area contributed by atoms with E-state index in [1.807, 2.05) is 12.1 Å². The molecule has 8 heteroatoms. The fourth-order valence-electron chi connectivity index (χ4n) is 3.54. The number of aromatic nitrogens is 2. The normalized spacial score (nSPS) is 15.8. The molecule has 0 radical (unpaired) electrons. The van der Waals surface area contributed by atoms with Gasteiger partial charge < -0.3 is 15.6 Å². The van der Waals surface area contributed by atoms with Crippen molar-refractivity contribution in [2.45, 2.75) is 44.9 Å². The van der Waals surface area contributed by atoms with Crippen molar-refractivity contribution in [2.24, 2.45) is 11.1 Å². The number of nitrogens with zero attached hydrogens (tertiary/aromatic N) is 2. The van der Waals surface area contributed by atoms with Gasteiger partial charge in [0.1, 0.15) is 0 Å². The molecular formula is C19H26Cl2N4O2. The number of amides is 1. The molecule has 148 valence electrons. The Hall–Kier alpha value is -1.63. The maximum absolute atomic E-state index is 12.3. The number of carbonyl (C=O) groups excluding carboxylic acids is 1. The Morgan fingerprint density at radius 2 is 1.93 bits per heavy atom. The number of hydrogen-bond acceptors (Lipinski definition) is 5. The van der Waals surface area contributed by atoms with Crippen molar-refractivity contribution in [3.05, 3.63) is 35.2 Å². The highest BCUT2D eigenvalue weighted by Gasteiger charge is 2.32. The van der Waals surface area contributed by atoms with Crippen molar-refractivity contribution in [3.63, 3.8) is 0 Å². The summed E-state index contributed by atoms with van der Waals surface area (Å²) < 4.78 is 5.26. The molecular weight excluding hydrogens is 387 g/mol. The molecule has 1 aliphatic carbocycles. The SMILES string of the molecule is Cl.NCC1(CC(=O)NCCc2nc(-c3ccc(Cl)cc3)no2)CCCCC1. The van der Waals surface area contributed by atoms with Gasteiger partial charge in [0.25, 0.3) is 0 Å². The number of benzene rings is 1. The first kappa shape index (κ1) is 21.7. The predicted molar refractivity (Wildman–Crippen MR) is 108 cm³/mol. The van der Waals surface area contributed by atoms with E-state index in [0.717, 1.165) is 18.4 Å². The molecule has 0 saturated heterocycles. The summed E-state index contributed by atoms with van der Waals surface area (Å²) >= 11 is 5.88. The van der Waals surface area contributed by atoms with Crippen LogP contribution in [0.25, 0.3) is 11.4 Å². The topological polar surface area (TPSA) is 94.0 Å². The first-order valence-corrected chi connectivity index (χ1v) is 9.53. The summed E-state index contributed by atoms with van der Waals surface area (Å²) in [5, 5.41) is 7.59. The summed E-state index contributed by atoms with van der Waals surface area (Å²) in [4.78, 5) is 16.6. The van der Waals surface area contributed by atoms with E-state index in [1.165, 1.54) is 19.3 Å². The van der Waals surface area contributed by atoms with Crippen LogP contribution in [0.2, 0.25) is 5.02 Å². The van der Waals surface area contributed by atoms with Gasteiger partial charge in [-0.15, -0.1) is 12.4 Å². The Morgan fingerprint density at radius 1 is 1.22 bits per heavy atom. The molecule has 1 fully saturated rings. The van der Waals surface area contributed by atoms with Crippen LogP contribution in [0.3, 0.4) is 0 Å². The third-order valence-electron chi connectivity index (χ3n) is 5.11. The van der Waals surface area contributed by atoms with Crippen molar-refractivity contribution in [3.8, 4) is 11.4 Å². The molecule has 6 nitrogen and oxygen atoms in total. The summed E-state index contributed by atoms with van der Waals surface area (Å²) in [7, 11) is 0. The van der Waals surface area contributed by atoms with Crippen molar-refractivity contribution < 1.29 is 9.32 Å². The molecule has 1 aromatic heterocycles. The van der Waals surface area contributed by atoms with E-state index in [2.05, 4.69) is 15.5 Å². The van der Waals surface area contributed by atoms with E-state index < -0.39 is 0 Å². The molecule has 0 unspecified atom stereocenters. The van der Waals surface area contributed by atoms with Crippen molar-refractivity contribution in [1.82, 2.24) is 15.5 Å². The average Bonchev–Trinajstić information content (AvgIpc) is 3.12. The number of carbonyl (C=O) groups is 1. The zero-order chi connectivity index (χ0) is 18.4. The van der Waals surface area contributed by atoms with Crippen LogP contribution in [-0.4, -0.2) is 29.1 Å². The molecule has 0 atom stereocenters. The Balaban J connectivity index is 0.00000261. The second kappa shape index (κ2) is 10.1. The molecule has 3 rings (SSSR count). The lowest BCUT2D eigenvalue weighted by atomic mass is 9.71. The van der Waals surface area contributed by atoms with Crippen LogP contribution in [0.15, 0.2) is 28.8 Å². The molecule has 1 heterocycles. The summed E-state index contributed by atoms with van der Waals surface area (Å²) in [6.07, 6.45) is 6.68. The van der Waals surface area contributed by atoms with Gasteiger partial charge in [0.05, 0.1) is 0 Å². The number of rotatable bonds is 7. The van der Waals surface area contributed by atoms with Crippen molar-refractivity contribution in [1.29, 1.82) is 0 Å². The number of nitrogens with two attached hydrogens (primary N) is 1. The lowest BCUT2D eigenvalue weighted by Crippen LogP contribution is -2.39. The minimum atomic E-state index is -0.0193. The molecule has 1 aliphatic rings. The van der Waals surface area contributed by atoms with Crippen LogP contribution in [0.5, 0.6) is 0 Å². The van der Waals surface area contributed by atoms with Crippen LogP contribution < -0.4 is 11.1 Å². The molecule has 0 spiro atoms. The highest BCUT2D eigenvalue weighted by molar-refractivity contribution is 6.30. The van der Waals surface area contributed by atoms with Gasteiger partial charge in [0.2, 0.25) is 17.6 Å². The summed E-state index contributed by atoms with van der Waals surface area (Å²) in [5.41, 5.74) is 6.78. The quantitative estimate of drug-likeness (QED) is 0.721. The van der Waals surface area contributed by atoms with Crippen molar-refractivity contribution >= 4 is 29.9 Å². The lowest BCUT2D eigenvalue weighted by molar-refractivity contribution is -0.123. The molecule has 1 amide bonds. The maximum atomic E-state index is 12.3. The van der Waals surface area contributed by atoms with Crippen LogP contribution in [0, 0.1) is 5.41 Å². The summed E-state index contributed by atoms with van der Waals surface area (Å²) in [5.74, 6) is 1.07. The smallest absolute Gasteiger partial charge is 0.228 e. The van der Waals surface area contributed by atoms with E-state index in [0.29, 0.717) is 42.7 Å². The number of halogens is 2. The van der Waals surface area contributed by atoms with Crippen LogP contribution in [-0.2, 0) is 11.2 Å². The fourth-order valence-corrected chi connectivity index (χ4v) is 3.67. The van der Waals surface area contributed by atoms with E-state index in [-0.39, 0.29) is 23.7 Å². The van der Waals surface area contributed by atoms with Crippen LogP contribution in [0.1, 0.15) is 44.4 Å². The fraction of sp³-hybridized carbons (Fsp3) is 0.526. The van der Waals surface area contributed by atoms with Gasteiger partial charge >= 0.3 is 0 Å². The summed E-state index contributed by atoms with van der Waals surface area (Å²) in [6, 6.07) is 7.25. The first-order chi connectivity index (χ1) is 12.6. The van der Waals surface area contributed by atoms with E-state index >= 15 is 0 Å². The zero-order valence-electron chi connectivity index (χ0n) is 15.2.